The van der Waals surface area contributed by atoms with E-state index in [-0.39, 0.29) is 60.0 Å². The van der Waals surface area contributed by atoms with Crippen LogP contribution in [0.5, 0.6) is 0 Å². The molecule has 0 amide bonds. The van der Waals surface area contributed by atoms with Gasteiger partial charge in [-0.15, -0.1) is 0 Å². The van der Waals surface area contributed by atoms with Crippen molar-refractivity contribution in [3.8, 4) is 0 Å². The van der Waals surface area contributed by atoms with Gasteiger partial charge in [-0.2, -0.15) is 0 Å². The summed E-state index contributed by atoms with van der Waals surface area (Å²) in [6.45, 7) is 0.424. The fourth-order valence-electron chi connectivity index (χ4n) is 0.0830. The monoisotopic (exact) mass is 174 g/mol. The van der Waals surface area contributed by atoms with Crippen LogP contribution >= 0.6 is 0 Å². The van der Waals surface area contributed by atoms with E-state index in [9.17, 15) is 9.90 Å². The summed E-state index contributed by atoms with van der Waals surface area (Å²) in [5.74, 6) is -0.523. The van der Waals surface area contributed by atoms with Crippen molar-refractivity contribution < 1.29 is 14.6 Å². The molecule has 60 valence electrons. The van der Waals surface area contributed by atoms with Crippen molar-refractivity contribution in [2.24, 2.45) is 0 Å². The maximum atomic E-state index is 9.62. The van der Waals surface area contributed by atoms with E-state index in [0.717, 1.165) is 0 Å². The summed E-state index contributed by atoms with van der Waals surface area (Å²) < 4.78 is 3.85. The van der Waals surface area contributed by atoms with Gasteiger partial charge in [0.25, 0.3) is 0 Å². The molecule has 0 saturated carbocycles. The maximum absolute atomic E-state index is 9.62. The van der Waals surface area contributed by atoms with Gasteiger partial charge in [0.05, 0.1) is 0 Å². The fourth-order valence-corrected chi connectivity index (χ4v) is 0.0830. The zero-order chi connectivity index (χ0) is 4.99. The smallest absolute Gasteiger partial charge is 0.824 e. The standard InChI is InChI=1S/C3H5O3.3CH3.Ca/c1-3(5)6-2-4;;;;/h2H2,1H3;3*1H3;/q4*-1;+2. The molecule has 0 aliphatic carbocycles. The maximum Gasteiger partial charge on any atom is 2.00 e. The third kappa shape index (κ3) is 37.7. The van der Waals surface area contributed by atoms with Gasteiger partial charge in [-0.3, -0.25) is 4.79 Å². The van der Waals surface area contributed by atoms with E-state index in [1.54, 1.807) is 0 Å². The predicted molar refractivity (Wildman–Crippen MR) is 41.6 cm³/mol. The Bertz CT molecular complexity index is 57.0. The van der Waals surface area contributed by atoms with Gasteiger partial charge < -0.3 is 32.1 Å². The quantitative estimate of drug-likeness (QED) is 0.240. The van der Waals surface area contributed by atoms with Crippen molar-refractivity contribution in [3.63, 3.8) is 0 Å². The van der Waals surface area contributed by atoms with Gasteiger partial charge in [0, 0.05) is 13.7 Å². The van der Waals surface area contributed by atoms with E-state index in [1.165, 1.54) is 6.92 Å². The molecule has 0 rings (SSSR count). The van der Waals surface area contributed by atoms with Crippen molar-refractivity contribution in [1.82, 2.24) is 0 Å². The summed E-state index contributed by atoms with van der Waals surface area (Å²) in [5, 5.41) is 9.30. The van der Waals surface area contributed by atoms with Crippen LogP contribution in [0.2, 0.25) is 0 Å². The number of hydrogen-bond donors (Lipinski definition) is 0. The topological polar surface area (TPSA) is 49.4 Å². The molecule has 3 nitrogen and oxygen atoms in total. The van der Waals surface area contributed by atoms with Gasteiger partial charge in [0.2, 0.25) is 0 Å². The molecular formula is C6H14CaO3-2. The Morgan fingerprint density at radius 3 is 1.70 bits per heavy atom. The first-order valence-corrected chi connectivity index (χ1v) is 1.49. The van der Waals surface area contributed by atoms with E-state index in [1.807, 2.05) is 0 Å². The van der Waals surface area contributed by atoms with Gasteiger partial charge in [-0.05, 0) is 0 Å². The van der Waals surface area contributed by atoms with E-state index in [0.29, 0.717) is 0 Å². The molecule has 0 aliphatic rings. The second-order valence-corrected chi connectivity index (χ2v) is 0.754. The molecule has 0 atom stereocenters. The Balaban J connectivity index is -0.0000000208. The molecule has 0 aromatic rings. The van der Waals surface area contributed by atoms with Crippen LogP contribution in [0.25, 0.3) is 0 Å². The van der Waals surface area contributed by atoms with Gasteiger partial charge in [0.15, 0.2) is 0 Å². The largest absolute Gasteiger partial charge is 2.00 e. The number of carbonyl (C=O) groups is 1. The first-order chi connectivity index (χ1) is 2.77. The zero-order valence-corrected chi connectivity index (χ0v) is 9.35. The first kappa shape index (κ1) is 31.0. The van der Waals surface area contributed by atoms with E-state index in [4.69, 9.17) is 0 Å². The first-order valence-electron chi connectivity index (χ1n) is 1.49. The second kappa shape index (κ2) is 22.6. The molecule has 0 radical (unpaired) electrons. The van der Waals surface area contributed by atoms with Crippen LogP contribution in [0, 0.1) is 22.3 Å². The number of esters is 1. The van der Waals surface area contributed by atoms with E-state index in [2.05, 4.69) is 4.74 Å². The average molecular weight is 174 g/mol. The van der Waals surface area contributed by atoms with Crippen molar-refractivity contribution in [2.75, 3.05) is 6.79 Å². The Morgan fingerprint density at radius 2 is 1.70 bits per heavy atom. The number of ether oxygens (including phenoxy) is 1. The molecule has 0 aliphatic heterocycles. The molecule has 0 unspecified atom stereocenters. The van der Waals surface area contributed by atoms with Crippen LogP contribution < -0.4 is 5.11 Å². The predicted octanol–water partition coefficient (Wildman–Crippen LogP) is -0.163. The van der Waals surface area contributed by atoms with Gasteiger partial charge >= 0.3 is 43.7 Å². The van der Waals surface area contributed by atoms with Crippen LogP contribution in [-0.2, 0) is 9.53 Å². The van der Waals surface area contributed by atoms with Crippen molar-refractivity contribution in [1.29, 1.82) is 0 Å². The Kier molecular flexibility index (Phi) is 70.1. The average Bonchev–Trinajstić information content (AvgIpc) is 1.35. The van der Waals surface area contributed by atoms with Crippen LogP contribution in [0.4, 0.5) is 0 Å². The summed E-state index contributed by atoms with van der Waals surface area (Å²) in [6, 6.07) is 0. The molecule has 0 fully saturated rings. The summed E-state index contributed by atoms with van der Waals surface area (Å²) in [7, 11) is 0. The molecule has 0 aromatic carbocycles. The molecule has 4 heteroatoms. The Hall–Kier alpha value is 0.690. The molecule has 0 saturated heterocycles. The minimum absolute atomic E-state index is 0. The molecule has 0 N–H and O–H groups in total. The van der Waals surface area contributed by atoms with Crippen molar-refractivity contribution in [2.45, 2.75) is 6.92 Å². The summed E-state index contributed by atoms with van der Waals surface area (Å²) in [5.41, 5.74) is 0. The molecule has 0 spiro atoms. The molecule has 0 bridgehead atoms. The van der Waals surface area contributed by atoms with E-state index >= 15 is 0 Å². The van der Waals surface area contributed by atoms with Crippen molar-refractivity contribution >= 4 is 43.7 Å². The van der Waals surface area contributed by atoms with Crippen LogP contribution in [0.3, 0.4) is 0 Å². The van der Waals surface area contributed by atoms with Crippen LogP contribution in [0.15, 0.2) is 0 Å². The minimum Gasteiger partial charge on any atom is -0.824 e. The zero-order valence-electron chi connectivity index (χ0n) is 7.14. The van der Waals surface area contributed by atoms with E-state index < -0.39 is 12.8 Å². The summed E-state index contributed by atoms with van der Waals surface area (Å²) >= 11 is 0. The van der Waals surface area contributed by atoms with Gasteiger partial charge in [-0.25, -0.2) is 0 Å². The minimum atomic E-state index is -0.769. The molecule has 10 heavy (non-hydrogen) atoms. The Morgan fingerprint density at radius 1 is 1.40 bits per heavy atom. The number of hydrogen-bond acceptors (Lipinski definition) is 3. The summed E-state index contributed by atoms with van der Waals surface area (Å²) in [6.07, 6.45) is 0. The normalized spacial score (nSPS) is 4.60. The third-order valence-corrected chi connectivity index (χ3v) is 0.262. The third-order valence-electron chi connectivity index (χ3n) is 0.262. The summed E-state index contributed by atoms with van der Waals surface area (Å²) in [4.78, 5) is 9.62. The molecule has 0 heterocycles. The van der Waals surface area contributed by atoms with Gasteiger partial charge in [-0.1, -0.05) is 0 Å². The van der Waals surface area contributed by atoms with Crippen molar-refractivity contribution in [3.05, 3.63) is 22.3 Å². The molecule has 0 aromatic heterocycles. The molecular weight excluding hydrogens is 160 g/mol. The van der Waals surface area contributed by atoms with Crippen LogP contribution in [0.1, 0.15) is 6.92 Å². The number of rotatable bonds is 1. The fraction of sp³-hybridized carbons (Fsp3) is 0.333. The Labute approximate surface area is 93.8 Å². The SMILES string of the molecule is CC(=O)OC[O-].[CH3-].[CH3-].[CH3-].[Ca+2]. The number of carbonyl (C=O) groups excluding carboxylic acids is 1. The van der Waals surface area contributed by atoms with Crippen LogP contribution in [-0.4, -0.2) is 50.5 Å². The van der Waals surface area contributed by atoms with Gasteiger partial charge in [0.1, 0.15) is 0 Å². The second-order valence-electron chi connectivity index (χ2n) is 0.754.